The third-order valence-electron chi connectivity index (χ3n) is 11.9. The fourth-order valence-corrected chi connectivity index (χ4v) is 11.0. The number of hydroxylamine groups is 2. The lowest BCUT2D eigenvalue weighted by atomic mass is 9.77. The first-order valence-corrected chi connectivity index (χ1v) is 28.7. The summed E-state index contributed by atoms with van der Waals surface area (Å²) in [6.45, 7) is 6.04. The smallest absolute Gasteiger partial charge is 0.425 e. The third kappa shape index (κ3) is 15.7. The number of carbonyl (C=O) groups excluding carboxylic acids is 4. The van der Waals surface area contributed by atoms with E-state index >= 15 is 0 Å². The molecule has 0 aromatic heterocycles. The number of ketones is 1. The van der Waals surface area contributed by atoms with Crippen LogP contribution in [-0.2, 0) is 85.9 Å². The summed E-state index contributed by atoms with van der Waals surface area (Å²) >= 11 is 0. The average molecular weight is 1080 g/mol. The maximum Gasteiger partial charge on any atom is 0.425 e. The summed E-state index contributed by atoms with van der Waals surface area (Å²) in [7, 11) is -21.5. The zero-order chi connectivity index (χ0) is 52.6. The third-order valence-corrected chi connectivity index (χ3v) is 15.2. The first-order chi connectivity index (χ1) is 32.2. The second-order valence-corrected chi connectivity index (χ2v) is 23.9. The first kappa shape index (κ1) is 57.5. The van der Waals surface area contributed by atoms with Gasteiger partial charge in [-0.25, -0.2) is 13.2 Å². The molecule has 0 aliphatic carbocycles. The van der Waals surface area contributed by atoms with Crippen molar-refractivity contribution in [2.45, 2.75) is 101 Å². The SMILES string of the molecule is CC1(C)C(/C=C/C=C2/N(CCCS(=O)(=O)O)c3ccc(S(=O)(=O)O)cc3C2(C)CCCCCC(=O)CC(CS(=O)(=O)O)C(=O)ON2C(=O)CCC2=O)=[N+](CCCS(=O)(=O)[O-])c2ccccc21.O=S(=O)=O. The molecule has 3 aliphatic rings. The van der Waals surface area contributed by atoms with E-state index < -0.39 is 120 Å². The standard InChI is InChI=1S/C42H53N3O17S4.O3S/c1-41(2)32-13-6-7-14-34(32)43(22-10-24-63(50,51)52)36(41)15-9-16-37-42(3,33-27-31(66(59,60)61)17-18-35(33)44(37)23-11-25-64(53,54)55)21-8-4-5-12-30(46)26-29(28-65(56,57)58)40(49)62-45-38(47)19-20-39(45)48;1-4(2)3/h6-7,9,13-18,27,29H,4-5,8,10-12,19-26,28H2,1-3H3,(H3-,50,51,52,53,54,55,56,57,58,59,60,61);. The number of benzene rings is 2. The van der Waals surface area contributed by atoms with Gasteiger partial charge < -0.3 is 14.3 Å². The number of unbranched alkanes of at least 4 members (excludes halogenated alkanes) is 2. The molecule has 0 saturated carbocycles. The van der Waals surface area contributed by atoms with E-state index in [1.165, 1.54) is 18.2 Å². The van der Waals surface area contributed by atoms with Crippen LogP contribution in [0.15, 0.2) is 71.3 Å². The Labute approximate surface area is 407 Å². The van der Waals surface area contributed by atoms with E-state index in [0.29, 0.717) is 29.8 Å². The molecule has 2 amide bonds. The molecule has 28 heteroatoms. The summed E-state index contributed by atoms with van der Waals surface area (Å²) in [5.74, 6) is -7.69. The van der Waals surface area contributed by atoms with Gasteiger partial charge in [0.25, 0.3) is 42.2 Å². The van der Waals surface area contributed by atoms with Gasteiger partial charge in [0.1, 0.15) is 12.3 Å². The minimum atomic E-state index is -4.81. The van der Waals surface area contributed by atoms with Gasteiger partial charge in [0, 0.05) is 78.9 Å². The molecule has 2 atom stereocenters. The Morgan fingerprint density at radius 1 is 0.843 bits per heavy atom. The van der Waals surface area contributed by atoms with E-state index in [1.54, 1.807) is 17.1 Å². The number of allylic oxidation sites excluding steroid dienone is 4. The number of hydrogen-bond acceptors (Lipinski definition) is 18. The maximum atomic E-state index is 13.1. The molecule has 3 N–H and O–H groups in total. The largest absolute Gasteiger partial charge is 0.748 e. The lowest BCUT2D eigenvalue weighted by Gasteiger charge is -2.30. The van der Waals surface area contributed by atoms with Gasteiger partial charge in [-0.3, -0.25) is 28.0 Å². The van der Waals surface area contributed by atoms with Crippen molar-refractivity contribution in [1.29, 1.82) is 0 Å². The molecule has 1 saturated heterocycles. The number of rotatable bonds is 23. The van der Waals surface area contributed by atoms with Crippen molar-refractivity contribution in [3.63, 3.8) is 0 Å². The van der Waals surface area contributed by atoms with Crippen molar-refractivity contribution >= 4 is 91.7 Å². The van der Waals surface area contributed by atoms with Crippen LogP contribution in [0.3, 0.4) is 0 Å². The zero-order valence-corrected chi connectivity index (χ0v) is 42.2. The van der Waals surface area contributed by atoms with Gasteiger partial charge in [-0.05, 0) is 69.9 Å². The minimum absolute atomic E-state index is 0.0400. The molecule has 0 bridgehead atoms. The Hall–Kier alpha value is -5.07. The molecule has 70 heavy (non-hydrogen) atoms. The van der Waals surface area contributed by atoms with Crippen LogP contribution in [0.4, 0.5) is 11.4 Å². The maximum absolute atomic E-state index is 13.1. The van der Waals surface area contributed by atoms with Crippen LogP contribution in [0.5, 0.6) is 0 Å². The van der Waals surface area contributed by atoms with Crippen LogP contribution in [0, 0.1) is 5.92 Å². The van der Waals surface area contributed by atoms with Crippen molar-refractivity contribution in [2.75, 3.05) is 35.2 Å². The van der Waals surface area contributed by atoms with Crippen molar-refractivity contribution in [3.05, 3.63) is 77.5 Å². The van der Waals surface area contributed by atoms with Crippen molar-refractivity contribution in [1.82, 2.24) is 5.06 Å². The molecule has 3 heterocycles. The van der Waals surface area contributed by atoms with Crippen LogP contribution in [0.25, 0.3) is 0 Å². The molecular formula is C42H53N3O20S5. The number of Topliss-reactive ketones (excluding diaryl/α,β-unsaturated/α-hetero) is 1. The number of amides is 2. The molecule has 1 fully saturated rings. The van der Waals surface area contributed by atoms with E-state index in [-0.39, 0.29) is 63.1 Å². The highest BCUT2D eigenvalue weighted by Crippen LogP contribution is 2.51. The van der Waals surface area contributed by atoms with Crippen molar-refractivity contribution < 1.29 is 93.1 Å². The Morgan fingerprint density at radius 3 is 2.06 bits per heavy atom. The molecule has 23 nitrogen and oxygen atoms in total. The lowest BCUT2D eigenvalue weighted by molar-refractivity contribution is -0.437. The van der Waals surface area contributed by atoms with Crippen LogP contribution in [0.2, 0.25) is 0 Å². The summed E-state index contributed by atoms with van der Waals surface area (Å²) in [6.07, 6.45) is 5.31. The minimum Gasteiger partial charge on any atom is -0.748 e. The van der Waals surface area contributed by atoms with Gasteiger partial charge in [0.15, 0.2) is 5.71 Å². The molecule has 2 unspecified atom stereocenters. The fraction of sp³-hybridized carbons (Fsp3) is 0.500. The number of hydrogen-bond donors (Lipinski definition) is 3. The fourth-order valence-electron chi connectivity index (χ4n) is 8.75. The Kier molecular flexibility index (Phi) is 18.9. The predicted molar refractivity (Wildman–Crippen MR) is 247 cm³/mol. The van der Waals surface area contributed by atoms with Crippen molar-refractivity contribution in [2.24, 2.45) is 5.92 Å². The van der Waals surface area contributed by atoms with E-state index in [4.69, 9.17) is 17.5 Å². The number of nitrogens with zero attached hydrogens (tertiary/aromatic N) is 3. The van der Waals surface area contributed by atoms with E-state index in [9.17, 15) is 71.1 Å². The van der Waals surface area contributed by atoms with Crippen molar-refractivity contribution in [3.8, 4) is 0 Å². The first-order valence-electron chi connectivity index (χ1n) is 21.5. The summed E-state index contributed by atoms with van der Waals surface area (Å²) < 4.78 is 163. The Bertz CT molecular complexity index is 3040. The molecule has 2 aromatic rings. The highest BCUT2D eigenvalue weighted by atomic mass is 32.2. The molecular weight excluding hydrogens is 1030 g/mol. The average Bonchev–Trinajstić information content (AvgIpc) is 3.74. The normalized spacial score (nSPS) is 19.0. The summed E-state index contributed by atoms with van der Waals surface area (Å²) in [4.78, 5) is 56.0. The number of fused-ring (bicyclic) bond motifs is 2. The molecule has 3 aliphatic heterocycles. The van der Waals surface area contributed by atoms with Gasteiger partial charge in [-0.1, -0.05) is 37.1 Å². The van der Waals surface area contributed by atoms with Gasteiger partial charge in [-0.15, -0.1) is 17.7 Å². The Morgan fingerprint density at radius 2 is 1.47 bits per heavy atom. The number of imide groups is 1. The van der Waals surface area contributed by atoms with Gasteiger partial charge in [-0.2, -0.15) is 29.8 Å². The van der Waals surface area contributed by atoms with Gasteiger partial charge in [0.2, 0.25) is 5.69 Å². The predicted octanol–water partition coefficient (Wildman–Crippen LogP) is 2.76. The monoisotopic (exact) mass is 1080 g/mol. The van der Waals surface area contributed by atoms with E-state index in [0.717, 1.165) is 17.0 Å². The van der Waals surface area contributed by atoms with Gasteiger partial charge >= 0.3 is 16.6 Å². The topological polar surface area (TPSA) is 359 Å². The highest BCUT2D eigenvalue weighted by molar-refractivity contribution is 7.86. The summed E-state index contributed by atoms with van der Waals surface area (Å²) in [6, 6.07) is 11.6. The zero-order valence-electron chi connectivity index (χ0n) is 38.1. The summed E-state index contributed by atoms with van der Waals surface area (Å²) in [5.41, 5.74) is 2.43. The number of carbonyl (C=O) groups is 4. The number of anilines is 1. The van der Waals surface area contributed by atoms with E-state index in [1.807, 2.05) is 55.7 Å². The molecule has 0 spiro atoms. The van der Waals surface area contributed by atoms with Crippen LogP contribution in [0.1, 0.15) is 96.1 Å². The highest BCUT2D eigenvalue weighted by Gasteiger charge is 2.46. The second kappa shape index (κ2) is 23.0. The van der Waals surface area contributed by atoms with Gasteiger partial charge in [0.05, 0.1) is 37.9 Å². The molecule has 5 rings (SSSR count). The lowest BCUT2D eigenvalue weighted by Crippen LogP contribution is -2.37. The van der Waals surface area contributed by atoms with Crippen LogP contribution < -0.4 is 4.90 Å². The summed E-state index contributed by atoms with van der Waals surface area (Å²) in [5, 5.41) is 0.204. The molecule has 0 radical (unpaired) electrons. The Balaban J connectivity index is 0.00000256. The quantitative estimate of drug-likeness (QED) is 0.0623. The number of para-hydroxylation sites is 1. The van der Waals surface area contributed by atoms with Crippen LogP contribution in [-0.4, -0.2) is 134 Å². The second-order valence-electron chi connectivity index (χ2n) is 17.4. The van der Waals surface area contributed by atoms with Crippen LogP contribution >= 0.6 is 0 Å². The molecule has 386 valence electrons. The van der Waals surface area contributed by atoms with E-state index in [2.05, 4.69) is 0 Å². The molecule has 2 aromatic carbocycles.